The molecule has 148 valence electrons. The average Bonchev–Trinajstić information content (AvgIpc) is 2.54. The number of aryl methyl sites for hydroxylation is 2. The molecular weight excluding hydrogens is 362 g/mol. The molecular formula is C23H32LiO3P. The standard InChI is InChI=1S/C23H31O3P.Li.H/c1-13(2)25-19-9-10-21(20(12-19)26-14(3)4)27-23(24)22-16(6)11-15(5)17(7)18(22)8;;/h9-14,27H,1-8H3;;/q;+1;-1. The van der Waals surface area contributed by atoms with E-state index >= 15 is 0 Å². The van der Waals surface area contributed by atoms with E-state index < -0.39 is 0 Å². The Morgan fingerprint density at radius 3 is 2.07 bits per heavy atom. The van der Waals surface area contributed by atoms with Gasteiger partial charge < -0.3 is 10.9 Å². The van der Waals surface area contributed by atoms with Gasteiger partial charge >= 0.3 is 18.9 Å². The molecule has 0 saturated heterocycles. The second-order valence-electron chi connectivity index (χ2n) is 7.58. The van der Waals surface area contributed by atoms with E-state index in [0.717, 1.165) is 33.5 Å². The molecule has 2 aromatic rings. The maximum absolute atomic E-state index is 13.1. The van der Waals surface area contributed by atoms with Crippen LogP contribution in [-0.2, 0) is 0 Å². The first-order chi connectivity index (χ1) is 12.6. The van der Waals surface area contributed by atoms with Gasteiger partial charge in [0.05, 0.1) is 12.2 Å². The van der Waals surface area contributed by atoms with Gasteiger partial charge in [0.15, 0.2) is 5.52 Å². The Bertz CT molecular complexity index is 851. The van der Waals surface area contributed by atoms with Gasteiger partial charge in [-0.2, -0.15) is 0 Å². The van der Waals surface area contributed by atoms with Gasteiger partial charge in [0, 0.05) is 16.9 Å². The first kappa shape index (κ1) is 24.8. The van der Waals surface area contributed by atoms with Gasteiger partial charge in [-0.15, -0.1) is 0 Å². The minimum absolute atomic E-state index is 0. The van der Waals surface area contributed by atoms with Crippen molar-refractivity contribution in [2.75, 3.05) is 0 Å². The summed E-state index contributed by atoms with van der Waals surface area (Å²) >= 11 is 0. The van der Waals surface area contributed by atoms with Gasteiger partial charge in [0.25, 0.3) is 0 Å². The second kappa shape index (κ2) is 10.5. The van der Waals surface area contributed by atoms with Crippen LogP contribution in [0.3, 0.4) is 0 Å². The molecule has 0 spiro atoms. The van der Waals surface area contributed by atoms with Gasteiger partial charge in [-0.05, 0) is 98.4 Å². The Balaban J connectivity index is 0.00000392. The van der Waals surface area contributed by atoms with Crippen LogP contribution in [0.15, 0.2) is 24.3 Å². The fourth-order valence-electron chi connectivity index (χ4n) is 3.12. The molecule has 0 bridgehead atoms. The molecule has 28 heavy (non-hydrogen) atoms. The van der Waals surface area contributed by atoms with Gasteiger partial charge in [-0.25, -0.2) is 0 Å². The zero-order valence-corrected chi connectivity index (χ0v) is 19.7. The molecule has 0 heterocycles. The van der Waals surface area contributed by atoms with Crippen molar-refractivity contribution < 1.29 is 34.6 Å². The molecule has 0 fully saturated rings. The maximum Gasteiger partial charge on any atom is 1.00 e. The monoisotopic (exact) mass is 394 g/mol. The summed E-state index contributed by atoms with van der Waals surface area (Å²) < 4.78 is 11.8. The van der Waals surface area contributed by atoms with Crippen molar-refractivity contribution in [2.45, 2.75) is 67.6 Å². The molecule has 0 aliphatic carbocycles. The van der Waals surface area contributed by atoms with Crippen LogP contribution in [-0.4, -0.2) is 17.7 Å². The molecule has 2 aromatic carbocycles. The largest absolute Gasteiger partial charge is 1.00 e. The van der Waals surface area contributed by atoms with E-state index in [4.69, 9.17) is 9.47 Å². The number of carbonyl (C=O) groups excluding carboxylic acids is 1. The van der Waals surface area contributed by atoms with Crippen molar-refractivity contribution >= 4 is 19.4 Å². The van der Waals surface area contributed by atoms with E-state index in [9.17, 15) is 4.79 Å². The molecule has 1 atom stereocenters. The minimum atomic E-state index is 0. The average molecular weight is 394 g/mol. The van der Waals surface area contributed by atoms with E-state index in [2.05, 4.69) is 19.9 Å². The number of hydrogen-bond acceptors (Lipinski definition) is 3. The molecule has 1 unspecified atom stereocenters. The Kier molecular flexibility index (Phi) is 9.29. The number of hydrogen-bond donors (Lipinski definition) is 0. The number of carbonyl (C=O) groups is 1. The van der Waals surface area contributed by atoms with Crippen molar-refractivity contribution in [3.05, 3.63) is 52.1 Å². The number of benzene rings is 2. The van der Waals surface area contributed by atoms with E-state index in [1.54, 1.807) is 0 Å². The van der Waals surface area contributed by atoms with Crippen LogP contribution in [0.25, 0.3) is 0 Å². The van der Waals surface area contributed by atoms with Crippen molar-refractivity contribution in [1.29, 1.82) is 0 Å². The van der Waals surface area contributed by atoms with Crippen molar-refractivity contribution in [1.82, 2.24) is 0 Å². The molecule has 0 saturated carbocycles. The molecule has 5 heteroatoms. The maximum atomic E-state index is 13.1. The minimum Gasteiger partial charge on any atom is -1.00 e. The van der Waals surface area contributed by atoms with Crippen molar-refractivity contribution in [3.8, 4) is 11.5 Å². The van der Waals surface area contributed by atoms with Crippen LogP contribution in [0.1, 0.15) is 61.7 Å². The third-order valence-electron chi connectivity index (χ3n) is 4.52. The third kappa shape index (κ3) is 6.12. The Morgan fingerprint density at radius 1 is 0.893 bits per heavy atom. The van der Waals surface area contributed by atoms with Gasteiger partial charge in [-0.1, -0.05) is 6.07 Å². The molecule has 0 aromatic heterocycles. The van der Waals surface area contributed by atoms with Crippen LogP contribution in [0.5, 0.6) is 11.5 Å². The van der Waals surface area contributed by atoms with E-state index in [-0.39, 0.29) is 46.6 Å². The summed E-state index contributed by atoms with van der Waals surface area (Å²) in [7, 11) is 0.0128. The van der Waals surface area contributed by atoms with Crippen LogP contribution in [0.4, 0.5) is 0 Å². The second-order valence-corrected chi connectivity index (χ2v) is 8.82. The van der Waals surface area contributed by atoms with Crippen LogP contribution in [0, 0.1) is 27.7 Å². The molecule has 0 amide bonds. The molecule has 0 N–H and O–H groups in total. The number of rotatable bonds is 7. The molecule has 0 radical (unpaired) electrons. The topological polar surface area (TPSA) is 35.5 Å². The summed E-state index contributed by atoms with van der Waals surface area (Å²) in [6.45, 7) is 16.2. The molecule has 2 rings (SSSR count). The summed E-state index contributed by atoms with van der Waals surface area (Å²) in [5.41, 5.74) is 5.53. The van der Waals surface area contributed by atoms with E-state index in [0.29, 0.717) is 0 Å². The molecule has 0 aliphatic rings. The quantitative estimate of drug-likeness (QED) is 0.535. The van der Waals surface area contributed by atoms with Crippen LogP contribution < -0.4 is 33.6 Å². The van der Waals surface area contributed by atoms with Crippen molar-refractivity contribution in [3.63, 3.8) is 0 Å². The SMILES string of the molecule is Cc1cc(C)c(C(=O)Pc2ccc(OC(C)C)cc2OC(C)C)c(C)c1C.[H-].[Li+]. The zero-order chi connectivity index (χ0) is 20.3. The number of ether oxygens (including phenoxy) is 2. The summed E-state index contributed by atoms with van der Waals surface area (Å²) in [6.07, 6.45) is 0.121. The zero-order valence-electron chi connectivity index (χ0n) is 19.7. The van der Waals surface area contributed by atoms with Gasteiger partial charge in [-0.3, -0.25) is 4.79 Å². The Labute approximate surface area is 185 Å². The predicted octanol–water partition coefficient (Wildman–Crippen LogP) is 2.76. The fraction of sp³-hybridized carbons (Fsp3) is 0.435. The first-order valence-electron chi connectivity index (χ1n) is 9.46. The summed E-state index contributed by atoms with van der Waals surface area (Å²) in [4.78, 5) is 13.1. The van der Waals surface area contributed by atoms with Gasteiger partial charge in [0.2, 0.25) is 0 Å². The first-order valence-corrected chi connectivity index (χ1v) is 10.5. The molecule has 0 aliphatic heterocycles. The predicted molar refractivity (Wildman–Crippen MR) is 117 cm³/mol. The smallest absolute Gasteiger partial charge is 1.00 e. The van der Waals surface area contributed by atoms with Crippen molar-refractivity contribution in [2.24, 2.45) is 0 Å². The van der Waals surface area contributed by atoms with Gasteiger partial charge in [0.1, 0.15) is 11.5 Å². The van der Waals surface area contributed by atoms with Crippen LogP contribution >= 0.6 is 8.58 Å². The normalized spacial score (nSPS) is 11.2. The van der Waals surface area contributed by atoms with Crippen LogP contribution in [0.2, 0.25) is 0 Å². The molecule has 3 nitrogen and oxygen atoms in total. The Morgan fingerprint density at radius 2 is 1.50 bits per heavy atom. The summed E-state index contributed by atoms with van der Waals surface area (Å²) in [6, 6.07) is 7.88. The summed E-state index contributed by atoms with van der Waals surface area (Å²) in [5.74, 6) is 1.49. The fourth-order valence-corrected chi connectivity index (χ4v) is 4.30. The van der Waals surface area contributed by atoms with E-state index in [1.165, 1.54) is 11.1 Å². The Hall–Kier alpha value is -1.26. The third-order valence-corrected chi connectivity index (χ3v) is 5.68. The van der Waals surface area contributed by atoms with E-state index in [1.807, 2.05) is 59.7 Å². The summed E-state index contributed by atoms with van der Waals surface area (Å²) in [5, 5.41) is 0.918.